The van der Waals surface area contributed by atoms with Crippen molar-refractivity contribution in [1.82, 2.24) is 9.97 Å². The minimum Gasteiger partial charge on any atom is -0.465 e. The van der Waals surface area contributed by atoms with E-state index in [1.165, 1.54) is 6.33 Å². The first kappa shape index (κ1) is 11.9. The maximum absolute atomic E-state index is 6.00. The summed E-state index contributed by atoms with van der Waals surface area (Å²) >= 11 is 6.00. The second kappa shape index (κ2) is 5.19. The Morgan fingerprint density at radius 3 is 2.82 bits per heavy atom. The van der Waals surface area contributed by atoms with Gasteiger partial charge in [-0.15, -0.1) is 0 Å². The van der Waals surface area contributed by atoms with Gasteiger partial charge in [-0.05, 0) is 25.5 Å². The Hall–Kier alpha value is -1.55. The van der Waals surface area contributed by atoms with E-state index in [-0.39, 0.29) is 0 Å². The van der Waals surface area contributed by atoms with Gasteiger partial charge in [-0.2, -0.15) is 0 Å². The molecular weight excluding hydrogens is 238 g/mol. The van der Waals surface area contributed by atoms with Crippen LogP contribution in [0.3, 0.4) is 0 Å². The van der Waals surface area contributed by atoms with E-state index in [4.69, 9.17) is 16.0 Å². The summed E-state index contributed by atoms with van der Waals surface area (Å²) in [6, 6.07) is 3.88. The molecule has 0 aliphatic rings. The molecule has 0 aromatic carbocycles. The number of hydrogen-bond donors (Lipinski definition) is 1. The Labute approximate surface area is 105 Å². The number of aromatic nitrogens is 2. The van der Waals surface area contributed by atoms with E-state index in [1.54, 1.807) is 0 Å². The fraction of sp³-hybridized carbons (Fsp3) is 0.333. The molecule has 0 saturated heterocycles. The fourth-order valence-electron chi connectivity index (χ4n) is 1.61. The van der Waals surface area contributed by atoms with E-state index in [0.717, 1.165) is 29.3 Å². The second-order valence-corrected chi connectivity index (χ2v) is 4.07. The number of aryl methyl sites for hydroxylation is 1. The zero-order chi connectivity index (χ0) is 12.3. The fourth-order valence-corrected chi connectivity index (χ4v) is 1.87. The predicted molar refractivity (Wildman–Crippen MR) is 67.2 cm³/mol. The van der Waals surface area contributed by atoms with Gasteiger partial charge in [-0.3, -0.25) is 0 Å². The smallest absolute Gasteiger partial charge is 0.137 e. The topological polar surface area (TPSA) is 51.0 Å². The summed E-state index contributed by atoms with van der Waals surface area (Å²) in [5.74, 6) is 2.54. The molecule has 4 nitrogen and oxygen atoms in total. The summed E-state index contributed by atoms with van der Waals surface area (Å²) in [5.41, 5.74) is 0.928. The number of furan rings is 1. The molecule has 0 aliphatic carbocycles. The Morgan fingerprint density at radius 1 is 1.35 bits per heavy atom. The van der Waals surface area contributed by atoms with Crippen LogP contribution in [0, 0.1) is 6.92 Å². The van der Waals surface area contributed by atoms with Crippen LogP contribution >= 0.6 is 11.6 Å². The maximum atomic E-state index is 6.00. The van der Waals surface area contributed by atoms with Crippen molar-refractivity contribution < 1.29 is 4.42 Å². The monoisotopic (exact) mass is 251 g/mol. The number of halogens is 1. The molecule has 2 heterocycles. The van der Waals surface area contributed by atoms with Crippen LogP contribution < -0.4 is 5.32 Å². The first-order valence-corrected chi connectivity index (χ1v) is 5.87. The van der Waals surface area contributed by atoms with Crippen molar-refractivity contribution in [3.8, 4) is 0 Å². The molecule has 0 aliphatic heterocycles. The van der Waals surface area contributed by atoms with E-state index >= 15 is 0 Å². The lowest BCUT2D eigenvalue weighted by atomic mass is 10.2. The number of anilines is 1. The molecule has 90 valence electrons. The summed E-state index contributed by atoms with van der Waals surface area (Å²) in [4.78, 5) is 8.14. The highest BCUT2D eigenvalue weighted by Gasteiger charge is 2.08. The first-order valence-electron chi connectivity index (χ1n) is 5.49. The van der Waals surface area contributed by atoms with Crippen molar-refractivity contribution in [3.05, 3.63) is 40.7 Å². The van der Waals surface area contributed by atoms with Crippen molar-refractivity contribution in [3.63, 3.8) is 0 Å². The van der Waals surface area contributed by atoms with Crippen molar-refractivity contribution >= 4 is 17.4 Å². The molecule has 0 saturated carbocycles. The van der Waals surface area contributed by atoms with Crippen LogP contribution in [0.2, 0.25) is 5.15 Å². The van der Waals surface area contributed by atoms with Crippen molar-refractivity contribution in [2.45, 2.75) is 26.8 Å². The summed E-state index contributed by atoms with van der Waals surface area (Å²) in [6.45, 7) is 4.53. The Bertz CT molecular complexity index is 510. The molecular formula is C12H14ClN3O. The molecule has 17 heavy (non-hydrogen) atoms. The van der Waals surface area contributed by atoms with Crippen LogP contribution in [0.4, 0.5) is 5.82 Å². The highest BCUT2D eigenvalue weighted by atomic mass is 35.5. The molecule has 5 heteroatoms. The Balaban J connectivity index is 2.11. The highest BCUT2D eigenvalue weighted by Crippen LogP contribution is 2.20. The second-order valence-electron chi connectivity index (χ2n) is 3.71. The third kappa shape index (κ3) is 2.77. The minimum absolute atomic E-state index is 0.501. The van der Waals surface area contributed by atoms with Gasteiger partial charge >= 0.3 is 0 Å². The zero-order valence-corrected chi connectivity index (χ0v) is 10.6. The van der Waals surface area contributed by atoms with Gasteiger partial charge < -0.3 is 9.73 Å². The van der Waals surface area contributed by atoms with Gasteiger partial charge in [0.2, 0.25) is 0 Å². The Morgan fingerprint density at radius 2 is 2.18 bits per heavy atom. The summed E-state index contributed by atoms with van der Waals surface area (Å²) in [5, 5.41) is 3.71. The largest absolute Gasteiger partial charge is 0.465 e. The SMILES string of the molecule is CCc1c(Cl)ncnc1NCc1ccc(C)o1. The van der Waals surface area contributed by atoms with E-state index in [1.807, 2.05) is 26.0 Å². The van der Waals surface area contributed by atoms with Crippen LogP contribution in [0.5, 0.6) is 0 Å². The molecule has 0 fully saturated rings. The van der Waals surface area contributed by atoms with Crippen molar-refractivity contribution in [1.29, 1.82) is 0 Å². The normalized spacial score (nSPS) is 10.5. The molecule has 2 aromatic rings. The lowest BCUT2D eigenvalue weighted by molar-refractivity contribution is 0.490. The van der Waals surface area contributed by atoms with Crippen LogP contribution in [0.25, 0.3) is 0 Å². The number of hydrogen-bond acceptors (Lipinski definition) is 4. The predicted octanol–water partition coefficient (Wildman–Crippen LogP) is 3.21. The number of nitrogens with zero attached hydrogens (tertiary/aromatic N) is 2. The number of rotatable bonds is 4. The van der Waals surface area contributed by atoms with Gasteiger partial charge in [0.15, 0.2) is 0 Å². The summed E-state index contributed by atoms with van der Waals surface area (Å²) in [6.07, 6.45) is 2.25. The maximum Gasteiger partial charge on any atom is 0.137 e. The van der Waals surface area contributed by atoms with Gasteiger partial charge in [-0.25, -0.2) is 9.97 Å². The molecule has 0 atom stereocenters. The molecule has 2 aromatic heterocycles. The molecule has 1 N–H and O–H groups in total. The van der Waals surface area contributed by atoms with Gasteiger partial charge in [0.05, 0.1) is 6.54 Å². The van der Waals surface area contributed by atoms with Crippen LogP contribution in [0.15, 0.2) is 22.9 Å². The molecule has 0 spiro atoms. The highest BCUT2D eigenvalue weighted by molar-refractivity contribution is 6.30. The number of nitrogens with one attached hydrogen (secondary N) is 1. The first-order chi connectivity index (χ1) is 8.20. The van der Waals surface area contributed by atoms with Gasteiger partial charge in [0, 0.05) is 5.56 Å². The molecule has 2 rings (SSSR count). The average Bonchev–Trinajstić information content (AvgIpc) is 2.72. The molecule has 0 unspecified atom stereocenters. The standard InChI is InChI=1S/C12H14ClN3O/c1-3-10-11(13)15-7-16-12(10)14-6-9-5-4-8(2)17-9/h4-5,7H,3,6H2,1-2H3,(H,14,15,16). The summed E-state index contributed by atoms with van der Waals surface area (Å²) < 4.78 is 5.47. The third-order valence-electron chi connectivity index (χ3n) is 2.47. The van der Waals surface area contributed by atoms with Crippen molar-refractivity contribution in [2.75, 3.05) is 5.32 Å². The van der Waals surface area contributed by atoms with Crippen LogP contribution in [0.1, 0.15) is 24.0 Å². The van der Waals surface area contributed by atoms with E-state index in [2.05, 4.69) is 15.3 Å². The van der Waals surface area contributed by atoms with E-state index in [0.29, 0.717) is 11.7 Å². The van der Waals surface area contributed by atoms with Gasteiger partial charge in [0.1, 0.15) is 28.8 Å². The molecule has 0 radical (unpaired) electrons. The Kier molecular flexibility index (Phi) is 3.64. The lowest BCUT2D eigenvalue weighted by Gasteiger charge is -2.08. The van der Waals surface area contributed by atoms with Gasteiger partial charge in [-0.1, -0.05) is 18.5 Å². The third-order valence-corrected chi connectivity index (χ3v) is 2.80. The van der Waals surface area contributed by atoms with Gasteiger partial charge in [0.25, 0.3) is 0 Å². The van der Waals surface area contributed by atoms with E-state index in [9.17, 15) is 0 Å². The minimum atomic E-state index is 0.501. The summed E-state index contributed by atoms with van der Waals surface area (Å²) in [7, 11) is 0. The molecule has 0 bridgehead atoms. The zero-order valence-electron chi connectivity index (χ0n) is 9.83. The van der Waals surface area contributed by atoms with Crippen LogP contribution in [-0.2, 0) is 13.0 Å². The average molecular weight is 252 g/mol. The molecule has 0 amide bonds. The lowest BCUT2D eigenvalue weighted by Crippen LogP contribution is -2.05. The van der Waals surface area contributed by atoms with Crippen LogP contribution in [-0.4, -0.2) is 9.97 Å². The van der Waals surface area contributed by atoms with E-state index < -0.39 is 0 Å². The van der Waals surface area contributed by atoms with Crippen molar-refractivity contribution in [2.24, 2.45) is 0 Å². The quantitative estimate of drug-likeness (QED) is 0.848.